The van der Waals surface area contributed by atoms with Gasteiger partial charge in [-0.25, -0.2) is 8.78 Å². The fourth-order valence-electron chi connectivity index (χ4n) is 2.93. The van der Waals surface area contributed by atoms with Gasteiger partial charge in [-0.1, -0.05) is 0 Å². The summed E-state index contributed by atoms with van der Waals surface area (Å²) < 4.78 is 26.5. The summed E-state index contributed by atoms with van der Waals surface area (Å²) in [4.78, 5) is 1.30. The van der Waals surface area contributed by atoms with Gasteiger partial charge in [0, 0.05) is 23.8 Å². The molecular weight excluding hydrogens is 228 g/mol. The topological polar surface area (TPSA) is 12.0 Å². The highest BCUT2D eigenvalue weighted by Crippen LogP contribution is 2.46. The first kappa shape index (κ1) is 10.7. The van der Waals surface area contributed by atoms with E-state index in [2.05, 4.69) is 16.8 Å². The van der Waals surface area contributed by atoms with Gasteiger partial charge in [0.1, 0.15) is 0 Å². The van der Waals surface area contributed by atoms with Crippen LogP contribution in [0.3, 0.4) is 0 Å². The van der Waals surface area contributed by atoms with E-state index in [1.807, 2.05) is 0 Å². The molecule has 0 aromatic carbocycles. The lowest BCUT2D eigenvalue weighted by Gasteiger charge is -2.29. The normalized spacial score (nSPS) is 32.6. The van der Waals surface area contributed by atoms with Crippen LogP contribution in [0.2, 0.25) is 0 Å². The van der Waals surface area contributed by atoms with Crippen LogP contribution in [0.15, 0.2) is 11.4 Å². The molecule has 1 aliphatic carbocycles. The van der Waals surface area contributed by atoms with E-state index in [-0.39, 0.29) is 24.8 Å². The number of thiophene rings is 1. The third kappa shape index (κ3) is 1.78. The summed E-state index contributed by atoms with van der Waals surface area (Å²) in [7, 11) is 0. The molecule has 4 heteroatoms. The Balaban J connectivity index is 1.83. The van der Waals surface area contributed by atoms with Gasteiger partial charge in [-0.2, -0.15) is 0 Å². The van der Waals surface area contributed by atoms with Crippen LogP contribution in [0.4, 0.5) is 8.78 Å². The SMILES string of the molecule is FC1(F)CCC(C2NCCc3ccsc32)C1. The second-order valence-electron chi connectivity index (χ2n) is 4.85. The quantitative estimate of drug-likeness (QED) is 0.797. The summed E-state index contributed by atoms with van der Waals surface area (Å²) in [6.07, 6.45) is 1.82. The Bertz CT molecular complexity index is 388. The Morgan fingerprint density at radius 2 is 2.31 bits per heavy atom. The Morgan fingerprint density at radius 1 is 1.44 bits per heavy atom. The second kappa shape index (κ2) is 3.77. The van der Waals surface area contributed by atoms with E-state index >= 15 is 0 Å². The first-order valence-corrected chi connectivity index (χ1v) is 6.71. The number of fused-ring (bicyclic) bond motifs is 1. The minimum atomic E-state index is -2.43. The number of hydrogen-bond donors (Lipinski definition) is 1. The average Bonchev–Trinajstić information content (AvgIpc) is 2.83. The van der Waals surface area contributed by atoms with Gasteiger partial charge in [-0.3, -0.25) is 0 Å². The first-order valence-electron chi connectivity index (χ1n) is 5.83. The van der Waals surface area contributed by atoms with Crippen LogP contribution in [0.5, 0.6) is 0 Å². The zero-order chi connectivity index (χ0) is 11.2. The minimum Gasteiger partial charge on any atom is -0.309 e. The molecule has 1 saturated carbocycles. The van der Waals surface area contributed by atoms with Crippen LogP contribution in [-0.4, -0.2) is 12.5 Å². The monoisotopic (exact) mass is 243 g/mol. The van der Waals surface area contributed by atoms with Crippen LogP contribution in [0.25, 0.3) is 0 Å². The highest BCUT2D eigenvalue weighted by molar-refractivity contribution is 7.10. The minimum absolute atomic E-state index is 0.0575. The molecule has 2 aliphatic rings. The summed E-state index contributed by atoms with van der Waals surface area (Å²) in [5.41, 5.74) is 1.36. The Labute approximate surface area is 97.9 Å². The molecule has 2 unspecified atom stereocenters. The predicted molar refractivity (Wildman–Crippen MR) is 61.1 cm³/mol. The Morgan fingerprint density at radius 3 is 3.06 bits per heavy atom. The average molecular weight is 243 g/mol. The van der Waals surface area contributed by atoms with Crippen LogP contribution in [0, 0.1) is 5.92 Å². The highest BCUT2D eigenvalue weighted by atomic mass is 32.1. The van der Waals surface area contributed by atoms with E-state index in [9.17, 15) is 8.78 Å². The van der Waals surface area contributed by atoms with Crippen molar-refractivity contribution in [2.24, 2.45) is 5.92 Å². The standard InChI is InChI=1S/C12H15F2NS/c13-12(14)4-1-9(7-12)10-11-8(2-5-15-10)3-6-16-11/h3,6,9-10,15H,1-2,4-5,7H2. The molecule has 1 N–H and O–H groups in total. The van der Waals surface area contributed by atoms with Gasteiger partial charge < -0.3 is 5.32 Å². The maximum absolute atomic E-state index is 13.2. The lowest BCUT2D eigenvalue weighted by atomic mass is 9.91. The van der Waals surface area contributed by atoms with Gasteiger partial charge in [0.05, 0.1) is 0 Å². The molecular formula is C12H15F2NS. The summed E-state index contributed by atoms with van der Waals surface area (Å²) in [6, 6.07) is 2.32. The van der Waals surface area contributed by atoms with E-state index in [0.717, 1.165) is 13.0 Å². The Hall–Kier alpha value is -0.480. The van der Waals surface area contributed by atoms with Gasteiger partial charge in [0.15, 0.2) is 0 Å². The molecule has 2 heterocycles. The van der Waals surface area contributed by atoms with Crippen molar-refractivity contribution in [1.29, 1.82) is 0 Å². The lowest BCUT2D eigenvalue weighted by Crippen LogP contribution is -2.33. The summed E-state index contributed by atoms with van der Waals surface area (Å²) >= 11 is 1.71. The van der Waals surface area contributed by atoms with Crippen LogP contribution in [0.1, 0.15) is 35.7 Å². The molecule has 1 aliphatic heterocycles. The number of hydrogen-bond acceptors (Lipinski definition) is 2. The molecule has 16 heavy (non-hydrogen) atoms. The molecule has 1 fully saturated rings. The van der Waals surface area contributed by atoms with Crippen LogP contribution in [-0.2, 0) is 6.42 Å². The van der Waals surface area contributed by atoms with E-state index in [1.165, 1.54) is 10.4 Å². The van der Waals surface area contributed by atoms with Crippen LogP contribution >= 0.6 is 11.3 Å². The summed E-state index contributed by atoms with van der Waals surface area (Å²) in [5.74, 6) is -2.31. The molecule has 88 valence electrons. The third-order valence-corrected chi connectivity index (χ3v) is 4.78. The zero-order valence-corrected chi connectivity index (χ0v) is 9.83. The summed E-state index contributed by atoms with van der Waals surface area (Å²) in [6.45, 7) is 0.927. The maximum atomic E-state index is 13.2. The van der Waals surface area contributed by atoms with Crippen molar-refractivity contribution >= 4 is 11.3 Å². The maximum Gasteiger partial charge on any atom is 0.248 e. The molecule has 3 rings (SSSR count). The van der Waals surface area contributed by atoms with Crippen LogP contribution < -0.4 is 5.32 Å². The van der Waals surface area contributed by atoms with Crippen molar-refractivity contribution in [2.45, 2.75) is 37.6 Å². The number of halogens is 2. The number of rotatable bonds is 1. The predicted octanol–water partition coefficient (Wildman–Crippen LogP) is 3.37. The van der Waals surface area contributed by atoms with E-state index in [0.29, 0.717) is 6.42 Å². The third-order valence-electron chi connectivity index (χ3n) is 3.73. The molecule has 0 bridgehead atoms. The highest BCUT2D eigenvalue weighted by Gasteiger charge is 2.43. The second-order valence-corrected chi connectivity index (χ2v) is 5.80. The van der Waals surface area contributed by atoms with Gasteiger partial charge in [-0.15, -0.1) is 11.3 Å². The molecule has 1 aromatic rings. The first-order chi connectivity index (χ1) is 7.66. The van der Waals surface area contributed by atoms with Crippen molar-refractivity contribution in [3.05, 3.63) is 21.9 Å². The van der Waals surface area contributed by atoms with E-state index in [1.54, 1.807) is 11.3 Å². The van der Waals surface area contributed by atoms with Crippen molar-refractivity contribution in [3.63, 3.8) is 0 Å². The van der Waals surface area contributed by atoms with Gasteiger partial charge in [0.2, 0.25) is 5.92 Å². The largest absolute Gasteiger partial charge is 0.309 e. The molecule has 0 radical (unpaired) electrons. The van der Waals surface area contributed by atoms with Crippen molar-refractivity contribution in [2.75, 3.05) is 6.54 Å². The van der Waals surface area contributed by atoms with Gasteiger partial charge in [-0.05, 0) is 42.3 Å². The van der Waals surface area contributed by atoms with Gasteiger partial charge in [0.25, 0.3) is 0 Å². The van der Waals surface area contributed by atoms with E-state index in [4.69, 9.17) is 0 Å². The molecule has 1 nitrogen and oxygen atoms in total. The molecule has 2 atom stereocenters. The van der Waals surface area contributed by atoms with Crippen molar-refractivity contribution in [1.82, 2.24) is 5.32 Å². The summed E-state index contributed by atoms with van der Waals surface area (Å²) in [5, 5.41) is 5.50. The zero-order valence-electron chi connectivity index (χ0n) is 9.01. The van der Waals surface area contributed by atoms with Crippen molar-refractivity contribution in [3.8, 4) is 0 Å². The molecule has 0 spiro atoms. The van der Waals surface area contributed by atoms with Gasteiger partial charge >= 0.3 is 0 Å². The number of alkyl halides is 2. The fraction of sp³-hybridized carbons (Fsp3) is 0.667. The molecule has 0 amide bonds. The molecule has 0 saturated heterocycles. The smallest absolute Gasteiger partial charge is 0.248 e. The Kier molecular flexibility index (Phi) is 2.51. The van der Waals surface area contributed by atoms with E-state index < -0.39 is 5.92 Å². The molecule has 1 aromatic heterocycles. The lowest BCUT2D eigenvalue weighted by molar-refractivity contribution is 0.00322. The van der Waals surface area contributed by atoms with Crippen molar-refractivity contribution < 1.29 is 8.78 Å². The number of nitrogens with one attached hydrogen (secondary N) is 1. The fourth-order valence-corrected chi connectivity index (χ4v) is 4.05.